The molecule has 0 bridgehead atoms. The molecule has 1 heterocycles. The normalized spacial score (nSPS) is 10.7. The van der Waals surface area contributed by atoms with Gasteiger partial charge in [-0.25, -0.2) is 4.39 Å². The van der Waals surface area contributed by atoms with E-state index in [2.05, 4.69) is 31.9 Å². The fraction of sp³-hybridized carbons (Fsp3) is 0.0833. The van der Waals surface area contributed by atoms with Crippen molar-refractivity contribution in [2.75, 3.05) is 0 Å². The summed E-state index contributed by atoms with van der Waals surface area (Å²) in [5.41, 5.74) is 0.313. The first-order valence-electron chi connectivity index (χ1n) is 4.90. The van der Waals surface area contributed by atoms with Gasteiger partial charge in [-0.2, -0.15) is 0 Å². The number of ketones is 1. The van der Waals surface area contributed by atoms with Gasteiger partial charge in [-0.1, -0.05) is 23.7 Å². The summed E-state index contributed by atoms with van der Waals surface area (Å²) in [6.45, 7) is 0. The Morgan fingerprint density at radius 2 is 2.11 bits per heavy atom. The largest absolute Gasteiger partial charge is 0.293 e. The monoisotopic (exact) mass is 410 g/mol. The van der Waals surface area contributed by atoms with Crippen LogP contribution >= 0.6 is 54.8 Å². The van der Waals surface area contributed by atoms with Crippen molar-refractivity contribution >= 4 is 60.6 Å². The first kappa shape index (κ1) is 14.2. The third-order valence-electron chi connectivity index (χ3n) is 2.30. The third kappa shape index (κ3) is 3.02. The van der Waals surface area contributed by atoms with Gasteiger partial charge in [0.05, 0.1) is 13.7 Å². The lowest BCUT2D eigenvalue weighted by molar-refractivity contribution is 0.0995. The second kappa shape index (κ2) is 5.82. The molecule has 1 aromatic carbocycles. The summed E-state index contributed by atoms with van der Waals surface area (Å²) in [5.74, 6) is -0.658. The highest BCUT2D eigenvalue weighted by Gasteiger charge is 2.15. The maximum atomic E-state index is 13.7. The molecular weight excluding hydrogens is 406 g/mol. The van der Waals surface area contributed by atoms with Crippen molar-refractivity contribution in [1.82, 2.24) is 0 Å². The molecule has 0 radical (unpaired) electrons. The number of benzene rings is 1. The lowest BCUT2D eigenvalue weighted by Gasteiger charge is -2.02. The van der Waals surface area contributed by atoms with Gasteiger partial charge < -0.3 is 0 Å². The summed E-state index contributed by atoms with van der Waals surface area (Å²) in [6.07, 6.45) is 0.00574. The van der Waals surface area contributed by atoms with Crippen LogP contribution in [0.2, 0.25) is 5.02 Å². The van der Waals surface area contributed by atoms with Crippen molar-refractivity contribution < 1.29 is 9.18 Å². The summed E-state index contributed by atoms with van der Waals surface area (Å²) in [4.78, 5) is 12.6. The van der Waals surface area contributed by atoms with Crippen LogP contribution in [0.25, 0.3) is 0 Å². The van der Waals surface area contributed by atoms with E-state index in [4.69, 9.17) is 11.6 Å². The van der Waals surface area contributed by atoms with E-state index in [-0.39, 0.29) is 17.2 Å². The fourth-order valence-electron chi connectivity index (χ4n) is 1.43. The van der Waals surface area contributed by atoms with E-state index in [1.807, 2.05) is 0 Å². The molecule has 0 unspecified atom stereocenters. The van der Waals surface area contributed by atoms with Gasteiger partial charge in [-0.15, -0.1) is 11.3 Å². The van der Waals surface area contributed by atoms with Crippen molar-refractivity contribution in [3.05, 3.63) is 53.8 Å². The van der Waals surface area contributed by atoms with Crippen molar-refractivity contribution in [2.45, 2.75) is 6.42 Å². The molecule has 18 heavy (non-hydrogen) atoms. The zero-order valence-corrected chi connectivity index (χ0v) is 13.6. The lowest BCUT2D eigenvalue weighted by Crippen LogP contribution is -2.03. The first-order valence-corrected chi connectivity index (χ1v) is 7.68. The van der Waals surface area contributed by atoms with Crippen LogP contribution < -0.4 is 0 Å². The number of thiophene rings is 1. The van der Waals surface area contributed by atoms with Gasteiger partial charge in [-0.05, 0) is 49.6 Å². The summed E-state index contributed by atoms with van der Waals surface area (Å²) in [5, 5.41) is 0.0360. The lowest BCUT2D eigenvalue weighted by atomic mass is 10.1. The number of carbonyl (C=O) groups is 1. The van der Waals surface area contributed by atoms with Crippen LogP contribution in [-0.4, -0.2) is 5.78 Å². The van der Waals surface area contributed by atoms with E-state index in [9.17, 15) is 9.18 Å². The summed E-state index contributed by atoms with van der Waals surface area (Å²) >= 11 is 13.6. The molecule has 1 aromatic heterocycles. The van der Waals surface area contributed by atoms with Gasteiger partial charge in [0, 0.05) is 10.9 Å². The van der Waals surface area contributed by atoms with Crippen LogP contribution in [0, 0.1) is 5.82 Å². The standard InChI is InChI=1S/C12H6Br2ClFOS/c13-7-5-10(18-12(7)14)9(17)4-6-2-1-3-8(15)11(6)16/h1-3,5H,4H2. The van der Waals surface area contributed by atoms with Gasteiger partial charge in [0.1, 0.15) is 5.82 Å². The number of hydrogen-bond donors (Lipinski definition) is 0. The molecule has 0 amide bonds. The van der Waals surface area contributed by atoms with Gasteiger partial charge in [-0.3, -0.25) is 4.79 Å². The van der Waals surface area contributed by atoms with Crippen molar-refractivity contribution in [3.8, 4) is 0 Å². The third-order valence-corrected chi connectivity index (χ3v) is 5.89. The Bertz CT molecular complexity index is 593. The van der Waals surface area contributed by atoms with Crippen LogP contribution in [0.5, 0.6) is 0 Å². The van der Waals surface area contributed by atoms with Crippen LogP contribution in [0.15, 0.2) is 32.5 Å². The molecular formula is C12H6Br2ClFOS. The number of halogens is 4. The second-order valence-corrected chi connectivity index (χ2v) is 7.18. The fourth-order valence-corrected chi connectivity index (χ4v) is 3.60. The summed E-state index contributed by atoms with van der Waals surface area (Å²) in [7, 11) is 0. The van der Waals surface area contributed by atoms with Gasteiger partial charge in [0.2, 0.25) is 0 Å². The molecule has 2 aromatic rings. The molecule has 94 valence electrons. The Morgan fingerprint density at radius 1 is 1.39 bits per heavy atom. The quantitative estimate of drug-likeness (QED) is 0.609. The molecule has 2 rings (SSSR count). The maximum Gasteiger partial charge on any atom is 0.177 e. The highest BCUT2D eigenvalue weighted by molar-refractivity contribution is 9.13. The molecule has 6 heteroatoms. The summed E-state index contributed by atoms with van der Waals surface area (Å²) in [6, 6.07) is 6.38. The topological polar surface area (TPSA) is 17.1 Å². The average Bonchev–Trinajstić information content (AvgIpc) is 2.66. The van der Waals surface area contributed by atoms with Crippen LogP contribution in [0.1, 0.15) is 15.2 Å². The summed E-state index contributed by atoms with van der Waals surface area (Å²) < 4.78 is 15.3. The Balaban J connectivity index is 2.24. The maximum absolute atomic E-state index is 13.7. The van der Waals surface area contributed by atoms with Gasteiger partial charge in [0.15, 0.2) is 5.78 Å². The number of carbonyl (C=O) groups excluding carboxylic acids is 1. The highest BCUT2D eigenvalue weighted by atomic mass is 79.9. The molecule has 0 atom stereocenters. The molecule has 0 fully saturated rings. The number of rotatable bonds is 3. The average molecular weight is 413 g/mol. The molecule has 0 N–H and O–H groups in total. The Morgan fingerprint density at radius 3 is 2.72 bits per heavy atom. The van der Waals surface area contributed by atoms with Gasteiger partial charge >= 0.3 is 0 Å². The van der Waals surface area contributed by atoms with Crippen LogP contribution in [0.4, 0.5) is 4.39 Å². The molecule has 0 aliphatic rings. The Hall–Kier alpha value is -0.230. The highest BCUT2D eigenvalue weighted by Crippen LogP contribution is 2.33. The van der Waals surface area contributed by atoms with E-state index in [1.165, 1.54) is 17.4 Å². The van der Waals surface area contributed by atoms with E-state index < -0.39 is 5.82 Å². The first-order chi connectivity index (χ1) is 8.49. The number of Topliss-reactive ketones (excluding diaryl/α,β-unsaturated/α-hetero) is 1. The number of hydrogen-bond acceptors (Lipinski definition) is 2. The second-order valence-electron chi connectivity index (χ2n) is 3.55. The Labute approximate surface area is 129 Å². The molecule has 0 aliphatic carbocycles. The minimum Gasteiger partial charge on any atom is -0.293 e. The zero-order chi connectivity index (χ0) is 13.3. The van der Waals surface area contributed by atoms with Crippen LogP contribution in [0.3, 0.4) is 0 Å². The van der Waals surface area contributed by atoms with E-state index in [0.29, 0.717) is 10.4 Å². The Kier molecular flexibility index (Phi) is 4.59. The molecule has 0 aliphatic heterocycles. The SMILES string of the molecule is O=C(Cc1cccc(Cl)c1F)c1cc(Br)c(Br)s1. The van der Waals surface area contributed by atoms with Crippen LogP contribution in [-0.2, 0) is 6.42 Å². The minimum atomic E-state index is -0.526. The zero-order valence-electron chi connectivity index (χ0n) is 8.84. The van der Waals surface area contributed by atoms with Crippen molar-refractivity contribution in [3.63, 3.8) is 0 Å². The molecule has 1 nitrogen and oxygen atoms in total. The minimum absolute atomic E-state index is 0.00574. The smallest absolute Gasteiger partial charge is 0.177 e. The van der Waals surface area contributed by atoms with Crippen molar-refractivity contribution in [2.24, 2.45) is 0 Å². The molecule has 0 saturated heterocycles. The van der Waals surface area contributed by atoms with E-state index in [0.717, 1.165) is 8.26 Å². The van der Waals surface area contributed by atoms with E-state index >= 15 is 0 Å². The van der Waals surface area contributed by atoms with Crippen molar-refractivity contribution in [1.29, 1.82) is 0 Å². The molecule has 0 spiro atoms. The predicted octanol–water partition coefficient (Wildman–Crippen LogP) is 5.49. The predicted molar refractivity (Wildman–Crippen MR) is 79.2 cm³/mol. The van der Waals surface area contributed by atoms with Gasteiger partial charge in [0.25, 0.3) is 0 Å². The molecule has 0 saturated carbocycles. The van der Waals surface area contributed by atoms with E-state index in [1.54, 1.807) is 18.2 Å².